The van der Waals surface area contributed by atoms with E-state index in [1.165, 1.54) is 18.3 Å². The maximum Gasteiger partial charge on any atom is 0.335 e. The van der Waals surface area contributed by atoms with Gasteiger partial charge < -0.3 is 15.7 Å². The van der Waals surface area contributed by atoms with Gasteiger partial charge in [0.1, 0.15) is 0 Å². The smallest absolute Gasteiger partial charge is 0.335 e. The van der Waals surface area contributed by atoms with Crippen LogP contribution in [0.15, 0.2) is 31.0 Å². The van der Waals surface area contributed by atoms with Crippen LogP contribution < -0.4 is 10.6 Å². The summed E-state index contributed by atoms with van der Waals surface area (Å²) in [5.41, 5.74) is 0.641. The van der Waals surface area contributed by atoms with Gasteiger partial charge in [0.05, 0.1) is 17.8 Å². The van der Waals surface area contributed by atoms with Gasteiger partial charge in [0.25, 0.3) is 0 Å². The number of hydrogen-bond acceptors (Lipinski definition) is 3. The van der Waals surface area contributed by atoms with Crippen molar-refractivity contribution in [1.29, 1.82) is 0 Å². The molecule has 0 atom stereocenters. The van der Waals surface area contributed by atoms with Crippen LogP contribution in [0.3, 0.4) is 0 Å². The number of urea groups is 1. The van der Waals surface area contributed by atoms with Gasteiger partial charge in [0, 0.05) is 12.7 Å². The van der Waals surface area contributed by atoms with Crippen molar-refractivity contribution < 1.29 is 14.7 Å². The highest BCUT2D eigenvalue weighted by Gasteiger charge is 2.05. The molecule has 0 spiro atoms. The molecule has 1 rings (SSSR count). The predicted octanol–water partition coefficient (Wildman–Crippen LogP) is 1.16. The second-order valence-corrected chi connectivity index (χ2v) is 3.53. The zero-order chi connectivity index (χ0) is 13.4. The molecule has 3 N–H and O–H groups in total. The normalized spacial score (nSPS) is 9.56. The van der Waals surface area contributed by atoms with Crippen LogP contribution in [0, 0.1) is 0 Å². The predicted molar refractivity (Wildman–Crippen MR) is 66.2 cm³/mol. The highest BCUT2D eigenvalue weighted by molar-refractivity contribution is 5.87. The van der Waals surface area contributed by atoms with Gasteiger partial charge in [-0.05, 0) is 18.6 Å². The summed E-state index contributed by atoms with van der Waals surface area (Å²) < 4.78 is 0. The van der Waals surface area contributed by atoms with Gasteiger partial charge in [-0.3, -0.25) is 4.98 Å². The molecule has 0 bridgehead atoms. The molecule has 0 radical (unpaired) electrons. The van der Waals surface area contributed by atoms with E-state index in [1.54, 1.807) is 6.08 Å². The Balaban J connectivity index is 2.43. The summed E-state index contributed by atoms with van der Waals surface area (Å²) in [6, 6.07) is 2.50. The molecular weight excluding hydrogens is 234 g/mol. The molecule has 1 heterocycles. The number of pyridine rings is 1. The van der Waals surface area contributed by atoms with E-state index in [0.717, 1.165) is 0 Å². The van der Waals surface area contributed by atoms with Crippen LogP contribution in [0.4, 0.5) is 4.79 Å². The maximum atomic E-state index is 11.3. The summed E-state index contributed by atoms with van der Waals surface area (Å²) >= 11 is 0. The quantitative estimate of drug-likeness (QED) is 0.521. The van der Waals surface area contributed by atoms with E-state index in [4.69, 9.17) is 5.11 Å². The van der Waals surface area contributed by atoms with Gasteiger partial charge in [-0.1, -0.05) is 6.08 Å². The van der Waals surface area contributed by atoms with Crippen molar-refractivity contribution in [2.24, 2.45) is 0 Å². The van der Waals surface area contributed by atoms with Crippen molar-refractivity contribution in [1.82, 2.24) is 15.6 Å². The van der Waals surface area contributed by atoms with E-state index in [-0.39, 0.29) is 18.1 Å². The summed E-state index contributed by atoms with van der Waals surface area (Å²) in [6.45, 7) is 4.23. The number of carboxylic acid groups (broad SMARTS) is 1. The number of carboxylic acids is 1. The molecule has 0 saturated carbocycles. The molecule has 6 heteroatoms. The first kappa shape index (κ1) is 13.7. The fourth-order valence-electron chi connectivity index (χ4n) is 1.23. The van der Waals surface area contributed by atoms with E-state index in [1.807, 2.05) is 0 Å². The average molecular weight is 249 g/mol. The van der Waals surface area contributed by atoms with Gasteiger partial charge in [-0.25, -0.2) is 9.59 Å². The van der Waals surface area contributed by atoms with Crippen molar-refractivity contribution in [2.45, 2.75) is 13.0 Å². The number of rotatable bonds is 6. The van der Waals surface area contributed by atoms with Crippen LogP contribution >= 0.6 is 0 Å². The Hall–Kier alpha value is -2.37. The lowest BCUT2D eigenvalue weighted by atomic mass is 10.2. The van der Waals surface area contributed by atoms with E-state index < -0.39 is 5.97 Å². The lowest BCUT2D eigenvalue weighted by molar-refractivity contribution is 0.0696. The Labute approximate surface area is 105 Å². The summed E-state index contributed by atoms with van der Waals surface area (Å²) in [5, 5.41) is 14.0. The van der Waals surface area contributed by atoms with E-state index >= 15 is 0 Å². The van der Waals surface area contributed by atoms with Gasteiger partial charge >= 0.3 is 12.0 Å². The van der Waals surface area contributed by atoms with Crippen molar-refractivity contribution in [3.05, 3.63) is 42.2 Å². The van der Waals surface area contributed by atoms with Crippen molar-refractivity contribution in [3.8, 4) is 0 Å². The number of aromatic carboxylic acids is 1. The molecule has 0 fully saturated rings. The minimum Gasteiger partial charge on any atom is -0.478 e. The largest absolute Gasteiger partial charge is 0.478 e. The van der Waals surface area contributed by atoms with Gasteiger partial charge in [-0.15, -0.1) is 6.58 Å². The Morgan fingerprint density at radius 1 is 1.44 bits per heavy atom. The highest BCUT2D eigenvalue weighted by atomic mass is 16.4. The Morgan fingerprint density at radius 3 is 2.89 bits per heavy atom. The van der Waals surface area contributed by atoms with Crippen LogP contribution in [-0.2, 0) is 6.54 Å². The first-order chi connectivity index (χ1) is 8.63. The van der Waals surface area contributed by atoms with Crippen LogP contribution in [0.25, 0.3) is 0 Å². The zero-order valence-electron chi connectivity index (χ0n) is 9.85. The minimum absolute atomic E-state index is 0.147. The van der Waals surface area contributed by atoms with E-state index in [9.17, 15) is 9.59 Å². The fourth-order valence-corrected chi connectivity index (χ4v) is 1.23. The second-order valence-electron chi connectivity index (χ2n) is 3.53. The number of nitrogens with one attached hydrogen (secondary N) is 2. The molecule has 0 saturated heterocycles. The van der Waals surface area contributed by atoms with Gasteiger partial charge in [0.15, 0.2) is 0 Å². The van der Waals surface area contributed by atoms with Crippen LogP contribution in [0.1, 0.15) is 22.5 Å². The molecular formula is C12H15N3O3. The summed E-state index contributed by atoms with van der Waals surface area (Å²) in [5.74, 6) is -1.02. The standard InChI is InChI=1S/C12H15N3O3/c1-2-3-5-14-12(18)15-8-10-7-9(11(16)17)4-6-13-10/h2,4,6-7H,1,3,5,8H2,(H,16,17)(H2,14,15,18). The third-order valence-corrected chi connectivity index (χ3v) is 2.13. The second kappa shape index (κ2) is 7.05. The summed E-state index contributed by atoms with van der Waals surface area (Å²) in [7, 11) is 0. The van der Waals surface area contributed by atoms with Crippen molar-refractivity contribution in [2.75, 3.05) is 6.54 Å². The molecule has 96 valence electrons. The molecule has 0 aliphatic heterocycles. The fraction of sp³-hybridized carbons (Fsp3) is 0.250. The lowest BCUT2D eigenvalue weighted by Crippen LogP contribution is -2.35. The monoisotopic (exact) mass is 249 g/mol. The van der Waals surface area contributed by atoms with Crippen LogP contribution in [-0.4, -0.2) is 28.6 Å². The number of carbonyl (C=O) groups is 2. The molecule has 18 heavy (non-hydrogen) atoms. The minimum atomic E-state index is -1.02. The Bertz CT molecular complexity index is 446. The molecule has 0 unspecified atom stereocenters. The molecule has 0 aromatic carbocycles. The molecule has 0 aliphatic carbocycles. The number of aromatic nitrogens is 1. The topological polar surface area (TPSA) is 91.3 Å². The third-order valence-electron chi connectivity index (χ3n) is 2.13. The van der Waals surface area contributed by atoms with Crippen molar-refractivity contribution in [3.63, 3.8) is 0 Å². The van der Waals surface area contributed by atoms with Crippen molar-refractivity contribution >= 4 is 12.0 Å². The van der Waals surface area contributed by atoms with Crippen LogP contribution in [0.2, 0.25) is 0 Å². The molecule has 1 aromatic heterocycles. The van der Waals surface area contributed by atoms with E-state index in [0.29, 0.717) is 18.7 Å². The number of nitrogens with zero attached hydrogens (tertiary/aromatic N) is 1. The zero-order valence-corrected chi connectivity index (χ0v) is 9.85. The maximum absolute atomic E-state index is 11.3. The molecule has 1 aromatic rings. The van der Waals surface area contributed by atoms with Gasteiger partial charge in [0.2, 0.25) is 0 Å². The van der Waals surface area contributed by atoms with Gasteiger partial charge in [-0.2, -0.15) is 0 Å². The van der Waals surface area contributed by atoms with E-state index in [2.05, 4.69) is 22.2 Å². The third kappa shape index (κ3) is 4.65. The first-order valence-corrected chi connectivity index (χ1v) is 5.44. The molecule has 0 aliphatic rings. The SMILES string of the molecule is C=CCCNC(=O)NCc1cc(C(=O)O)ccn1. The lowest BCUT2D eigenvalue weighted by Gasteiger charge is -2.06. The first-order valence-electron chi connectivity index (χ1n) is 5.44. The summed E-state index contributed by atoms with van der Waals surface area (Å²) in [6.07, 6.45) is 3.80. The molecule has 2 amide bonds. The summed E-state index contributed by atoms with van der Waals surface area (Å²) in [4.78, 5) is 26.0. The Morgan fingerprint density at radius 2 is 2.22 bits per heavy atom. The number of carbonyl (C=O) groups excluding carboxylic acids is 1. The Kier molecular flexibility index (Phi) is 5.37. The average Bonchev–Trinajstić information content (AvgIpc) is 2.37. The molecule has 6 nitrogen and oxygen atoms in total. The van der Waals surface area contributed by atoms with Crippen LogP contribution in [0.5, 0.6) is 0 Å². The number of amides is 2. The highest BCUT2D eigenvalue weighted by Crippen LogP contribution is 2.01. The number of hydrogen-bond donors (Lipinski definition) is 3.